The fourth-order valence-electron chi connectivity index (χ4n) is 2.19. The summed E-state index contributed by atoms with van der Waals surface area (Å²) >= 11 is 9.00. The van der Waals surface area contributed by atoms with Crippen molar-refractivity contribution in [1.82, 2.24) is 9.97 Å². The predicted octanol–water partition coefficient (Wildman–Crippen LogP) is 4.23. The molecule has 0 fully saturated rings. The fraction of sp³-hybridized carbons (Fsp3) is 0.0714. The summed E-state index contributed by atoms with van der Waals surface area (Å²) in [5.74, 6) is -1.25. The molecule has 1 aromatic carbocycles. The van der Waals surface area contributed by atoms with E-state index in [0.29, 0.717) is 10.9 Å². The monoisotopic (exact) mass is 417 g/mol. The number of aromatic nitrogens is 2. The van der Waals surface area contributed by atoms with Gasteiger partial charge in [-0.1, -0.05) is 33.6 Å². The minimum atomic E-state index is -4.00. The number of sulfonamides is 1. The number of anilines is 1. The van der Waals surface area contributed by atoms with Crippen molar-refractivity contribution < 1.29 is 12.8 Å². The van der Waals surface area contributed by atoms with E-state index in [1.54, 1.807) is 12.1 Å². The molecule has 0 saturated heterocycles. The Morgan fingerprint density at radius 1 is 1.39 bits per heavy atom. The van der Waals surface area contributed by atoms with Gasteiger partial charge in [0.1, 0.15) is 4.90 Å². The van der Waals surface area contributed by atoms with Gasteiger partial charge in [-0.2, -0.15) is 0 Å². The quantitative estimate of drug-likeness (QED) is 0.668. The number of aromatic amines is 1. The summed E-state index contributed by atoms with van der Waals surface area (Å²) in [5.41, 5.74) is 1.56. The lowest BCUT2D eigenvalue weighted by molar-refractivity contribution is 0.598. The summed E-state index contributed by atoms with van der Waals surface area (Å²) in [5, 5.41) is 0.589. The molecule has 0 aliphatic rings. The summed E-state index contributed by atoms with van der Waals surface area (Å²) in [6, 6.07) is 4.41. The molecule has 5 nitrogen and oxygen atoms in total. The van der Waals surface area contributed by atoms with Crippen molar-refractivity contribution in [3.05, 3.63) is 51.5 Å². The molecule has 0 aliphatic heterocycles. The van der Waals surface area contributed by atoms with Crippen molar-refractivity contribution in [2.24, 2.45) is 0 Å². The van der Waals surface area contributed by atoms with E-state index in [4.69, 9.17) is 11.6 Å². The van der Waals surface area contributed by atoms with Gasteiger partial charge in [0.15, 0.2) is 11.6 Å². The second-order valence-electron chi connectivity index (χ2n) is 4.84. The molecule has 2 aromatic heterocycles. The largest absolute Gasteiger partial charge is 0.360 e. The molecule has 2 N–H and O–H groups in total. The SMILES string of the molecule is Cc1c(Br)ccc2c(S(=O)(=O)Nc3ncc(Cl)cc3F)c[nH]c12. The van der Waals surface area contributed by atoms with Gasteiger partial charge in [0.05, 0.1) is 10.5 Å². The molecule has 23 heavy (non-hydrogen) atoms. The molecule has 2 heterocycles. The van der Waals surface area contributed by atoms with Crippen LogP contribution in [0.4, 0.5) is 10.2 Å². The van der Waals surface area contributed by atoms with E-state index >= 15 is 0 Å². The summed E-state index contributed by atoms with van der Waals surface area (Å²) in [4.78, 5) is 6.61. The molecule has 3 aromatic rings. The number of pyridine rings is 1. The Kier molecular flexibility index (Phi) is 4.07. The van der Waals surface area contributed by atoms with Gasteiger partial charge in [0.2, 0.25) is 0 Å². The van der Waals surface area contributed by atoms with Gasteiger partial charge in [-0.05, 0) is 24.6 Å². The Hall–Kier alpha value is -1.64. The maximum Gasteiger partial charge on any atom is 0.265 e. The van der Waals surface area contributed by atoms with Crippen LogP contribution >= 0.6 is 27.5 Å². The van der Waals surface area contributed by atoms with Crippen LogP contribution in [0.3, 0.4) is 0 Å². The summed E-state index contributed by atoms with van der Waals surface area (Å²) in [7, 11) is -4.00. The lowest BCUT2D eigenvalue weighted by Crippen LogP contribution is -2.14. The van der Waals surface area contributed by atoms with Crippen molar-refractivity contribution >= 4 is 54.3 Å². The number of halogens is 3. The number of nitrogens with zero attached hydrogens (tertiary/aromatic N) is 1. The minimum absolute atomic E-state index is 0.0132. The van der Waals surface area contributed by atoms with E-state index in [2.05, 4.69) is 30.6 Å². The molecule has 0 atom stereocenters. The highest BCUT2D eigenvalue weighted by atomic mass is 79.9. The highest BCUT2D eigenvalue weighted by molar-refractivity contribution is 9.10. The number of aryl methyl sites for hydroxylation is 1. The van der Waals surface area contributed by atoms with Gasteiger partial charge in [0, 0.05) is 22.3 Å². The number of rotatable bonds is 3. The molecule has 0 saturated carbocycles. The van der Waals surface area contributed by atoms with Crippen LogP contribution in [-0.2, 0) is 10.0 Å². The number of hydrogen-bond acceptors (Lipinski definition) is 3. The van der Waals surface area contributed by atoms with Gasteiger partial charge >= 0.3 is 0 Å². The van der Waals surface area contributed by atoms with Crippen molar-refractivity contribution in [3.8, 4) is 0 Å². The zero-order valence-electron chi connectivity index (χ0n) is 11.7. The van der Waals surface area contributed by atoms with E-state index in [1.165, 1.54) is 12.4 Å². The van der Waals surface area contributed by atoms with Crippen molar-refractivity contribution in [3.63, 3.8) is 0 Å². The number of H-pyrrole nitrogens is 1. The van der Waals surface area contributed by atoms with E-state index in [9.17, 15) is 12.8 Å². The Bertz CT molecular complexity index is 1020. The zero-order chi connectivity index (χ0) is 16.8. The molecule has 120 valence electrons. The van der Waals surface area contributed by atoms with E-state index < -0.39 is 21.7 Å². The number of fused-ring (bicyclic) bond motifs is 1. The standard InChI is InChI=1S/C14H10BrClFN3O2S/c1-7-10(15)3-2-9-12(6-18-13(7)9)23(21,22)20-14-11(17)4-8(16)5-19-14/h2-6,18H,1H3,(H,19,20). The molecule has 0 amide bonds. The minimum Gasteiger partial charge on any atom is -0.360 e. The molecule has 0 spiro atoms. The first-order valence-corrected chi connectivity index (χ1v) is 9.05. The third-order valence-electron chi connectivity index (χ3n) is 3.34. The normalized spacial score (nSPS) is 11.8. The maximum atomic E-state index is 13.8. The number of hydrogen-bond donors (Lipinski definition) is 2. The third kappa shape index (κ3) is 2.93. The van der Waals surface area contributed by atoms with Crippen molar-refractivity contribution in [2.75, 3.05) is 4.72 Å². The van der Waals surface area contributed by atoms with E-state index in [1.807, 2.05) is 6.92 Å². The maximum absolute atomic E-state index is 13.8. The molecule has 0 radical (unpaired) electrons. The number of benzene rings is 1. The number of nitrogens with one attached hydrogen (secondary N) is 2. The first kappa shape index (κ1) is 16.2. The lowest BCUT2D eigenvalue weighted by Gasteiger charge is -2.08. The van der Waals surface area contributed by atoms with Gasteiger partial charge in [-0.15, -0.1) is 0 Å². The summed E-state index contributed by atoms with van der Waals surface area (Å²) in [6.45, 7) is 1.85. The van der Waals surface area contributed by atoms with Crippen LogP contribution in [0.2, 0.25) is 5.02 Å². The van der Waals surface area contributed by atoms with Gasteiger partial charge in [-0.3, -0.25) is 4.72 Å². The van der Waals surface area contributed by atoms with Crippen LogP contribution in [-0.4, -0.2) is 18.4 Å². The van der Waals surface area contributed by atoms with E-state index in [0.717, 1.165) is 16.1 Å². The Morgan fingerprint density at radius 2 is 2.13 bits per heavy atom. The topological polar surface area (TPSA) is 74.8 Å². The Morgan fingerprint density at radius 3 is 2.83 bits per heavy atom. The molecule has 0 unspecified atom stereocenters. The van der Waals surface area contributed by atoms with Gasteiger partial charge in [-0.25, -0.2) is 17.8 Å². The fourth-order valence-corrected chi connectivity index (χ4v) is 3.85. The molecular weight excluding hydrogens is 409 g/mol. The average Bonchev–Trinajstić information content (AvgIpc) is 2.91. The van der Waals surface area contributed by atoms with Crippen LogP contribution in [0.25, 0.3) is 10.9 Å². The third-order valence-corrected chi connectivity index (χ3v) is 5.78. The first-order valence-electron chi connectivity index (χ1n) is 6.39. The van der Waals surface area contributed by atoms with Gasteiger partial charge in [0.25, 0.3) is 10.0 Å². The summed E-state index contributed by atoms with van der Waals surface area (Å²) in [6.07, 6.45) is 2.53. The molecule has 0 bridgehead atoms. The van der Waals surface area contributed by atoms with Crippen LogP contribution in [0.15, 0.2) is 40.0 Å². The second kappa shape index (κ2) is 5.77. The lowest BCUT2D eigenvalue weighted by atomic mass is 10.2. The van der Waals surface area contributed by atoms with Crippen molar-refractivity contribution in [2.45, 2.75) is 11.8 Å². The van der Waals surface area contributed by atoms with Gasteiger partial charge < -0.3 is 4.98 Å². The Balaban J connectivity index is 2.08. The van der Waals surface area contributed by atoms with Crippen LogP contribution in [0, 0.1) is 12.7 Å². The van der Waals surface area contributed by atoms with Crippen molar-refractivity contribution in [1.29, 1.82) is 0 Å². The highest BCUT2D eigenvalue weighted by Gasteiger charge is 2.22. The zero-order valence-corrected chi connectivity index (χ0v) is 14.9. The molecule has 3 rings (SSSR count). The van der Waals surface area contributed by atoms with Crippen LogP contribution < -0.4 is 4.72 Å². The van der Waals surface area contributed by atoms with Crippen LogP contribution in [0.1, 0.15) is 5.56 Å². The first-order chi connectivity index (χ1) is 10.8. The average molecular weight is 419 g/mol. The van der Waals surface area contributed by atoms with E-state index in [-0.39, 0.29) is 9.92 Å². The van der Waals surface area contributed by atoms with Crippen LogP contribution in [0.5, 0.6) is 0 Å². The summed E-state index contributed by atoms with van der Waals surface area (Å²) < 4.78 is 41.8. The molecular formula is C14H10BrClFN3O2S. The smallest absolute Gasteiger partial charge is 0.265 e. The molecule has 9 heteroatoms. The second-order valence-corrected chi connectivity index (χ2v) is 7.78. The Labute approximate surface area is 145 Å². The predicted molar refractivity (Wildman–Crippen MR) is 90.7 cm³/mol. The molecule has 0 aliphatic carbocycles. The highest BCUT2D eigenvalue weighted by Crippen LogP contribution is 2.30.